The number of benzene rings is 4. The van der Waals surface area contributed by atoms with Crippen molar-refractivity contribution in [2.75, 3.05) is 51.9 Å². The van der Waals surface area contributed by atoms with Crippen molar-refractivity contribution >= 4 is 74.8 Å². The maximum Gasteiger partial charge on any atom is 2.00 e. The van der Waals surface area contributed by atoms with Gasteiger partial charge >= 0.3 is 42.2 Å². The van der Waals surface area contributed by atoms with Crippen LogP contribution in [0.1, 0.15) is 214 Å². The van der Waals surface area contributed by atoms with Crippen LogP contribution in [0.5, 0.6) is 17.2 Å². The first kappa shape index (κ1) is 107. The Bertz CT molecular complexity index is 5330. The van der Waals surface area contributed by atoms with Crippen LogP contribution in [0.3, 0.4) is 0 Å². The van der Waals surface area contributed by atoms with E-state index in [0.29, 0.717) is 83.7 Å². The molecule has 5 N–H and O–H groups in total. The molecular weight excluding hydrogens is 1770 g/mol. The van der Waals surface area contributed by atoms with Crippen LogP contribution in [-0.4, -0.2) is 165 Å². The Morgan fingerprint density at radius 3 is 1.67 bits per heavy atom. The molecule has 706 valence electrons. The minimum absolute atomic E-state index is 0. The van der Waals surface area contributed by atoms with E-state index in [1.54, 1.807) is 39.0 Å². The Balaban J connectivity index is 0.00000267. The number of methoxy groups -OCH3 is 2. The van der Waals surface area contributed by atoms with Gasteiger partial charge in [-0.25, -0.2) is 4.39 Å². The van der Waals surface area contributed by atoms with E-state index in [2.05, 4.69) is 199 Å². The number of carbonyl (C=O) groups excluding carboxylic acids is 7. The topological polar surface area (TPSA) is 348 Å². The molecule has 4 aromatic carbocycles. The summed E-state index contributed by atoms with van der Waals surface area (Å²) in [5.41, 5.74) is 18.0. The fourth-order valence-electron chi connectivity index (χ4n) is 17.1. The van der Waals surface area contributed by atoms with Crippen molar-refractivity contribution in [3.63, 3.8) is 0 Å². The Labute approximate surface area is 801 Å². The number of aryl methyl sites for hydroxylation is 1. The zero-order chi connectivity index (χ0) is 95.8. The number of alkyl halides is 1. The van der Waals surface area contributed by atoms with Crippen LogP contribution in [0.15, 0.2) is 218 Å². The number of fused-ring (bicyclic) bond motifs is 2. The molecule has 0 saturated heterocycles. The van der Waals surface area contributed by atoms with Gasteiger partial charge in [-0.05, 0) is 240 Å². The molecule has 1 unspecified atom stereocenters. The molecule has 0 saturated carbocycles. The molecule has 0 radical (unpaired) electrons. The molecule has 2 aliphatic heterocycles. The Morgan fingerprint density at radius 1 is 0.597 bits per heavy atom. The van der Waals surface area contributed by atoms with Gasteiger partial charge in [-0.3, -0.25) is 58.5 Å². The van der Waals surface area contributed by atoms with E-state index < -0.39 is 83.0 Å². The van der Waals surface area contributed by atoms with Crippen molar-refractivity contribution in [1.29, 1.82) is 0 Å². The third-order valence-corrected chi connectivity index (χ3v) is 23.9. The molecule has 3 aliphatic rings. The van der Waals surface area contributed by atoms with Crippen LogP contribution in [0.2, 0.25) is 0 Å². The predicted molar refractivity (Wildman–Crippen MR) is 509 cm³/mol. The van der Waals surface area contributed by atoms with E-state index in [-0.39, 0.29) is 62.4 Å². The van der Waals surface area contributed by atoms with Crippen LogP contribution in [-0.2, 0) is 125 Å². The zero-order valence-electron chi connectivity index (χ0n) is 78.9. The van der Waals surface area contributed by atoms with Gasteiger partial charge in [0.1, 0.15) is 29.8 Å². The molecular formula is C104H128FN12O15SZn+3. The predicted octanol–water partition coefficient (Wildman–Crippen LogP) is 15.9. The molecule has 1 aliphatic carbocycles. The average molecular weight is 1900 g/mol. The Hall–Kier alpha value is -12.2. The first-order chi connectivity index (χ1) is 64.0. The number of hydrogen-bond donors (Lipinski definition) is 5. The fraction of sp³-hybridized carbons (Fsp3) is 0.423. The van der Waals surface area contributed by atoms with E-state index in [4.69, 9.17) is 36.4 Å². The molecule has 4 aromatic heterocycles. The molecule has 4 atom stereocenters. The number of hydrogen-bond acceptors (Lipinski definition) is 21. The smallest absolute Gasteiger partial charge is 0.497 e. The number of aromatic nitrogens is 4. The molecule has 0 spiro atoms. The maximum absolute atomic E-state index is 14.6. The number of unbranched alkanes of at least 4 members (excludes halogenated alkanes) is 5. The Morgan fingerprint density at radius 2 is 1.14 bits per heavy atom. The molecule has 6 heterocycles. The summed E-state index contributed by atoms with van der Waals surface area (Å²) in [6, 6.07) is 49.0. The summed E-state index contributed by atoms with van der Waals surface area (Å²) in [6.45, 7) is 22.2. The SMILES string of the molecule is CCCCC[N+]1=C(/C=C/C2=C(c3ccc(CCC(=O)N[C@@H](CCCCNC(=O)C(C)[18F])C(=O)C[C@@H](CC(=O)O)C(=O)N[C@@H](C)C(=O)NCCCCOc4cc(CN(Cc5ccccn5)Cc5ccccn5)cc(CN(Cc5ccccn5)Cc5ccccn5)c4)cc3)C(=C/C=C3/N(CCCC)c4ccc(OC)cc4C3(C)C)/CCC2)C(C)(C)c2cc(OC)ccc21.O=C=O.O=S(=O)=O.[Zn+2]. The normalized spacial score (nSPS) is 14.9. The number of nitrogens with zero attached hydrogens (tertiary/aromatic N) is 8. The molecule has 30 heteroatoms. The standard InChI is InChI=1S/C103H127FN12O10.CO2.O3S.Zn/c1-11-13-26-57-116-92-46-44-86(125-10)65-89(92)103(7,8)95(116)48-42-78-30-28-29-77(41-47-94-102(5,6)88-64-85(124-9)43-45-91(88)115(94)56-14-12-2)98(78)79-39-36-74(37-40-79)38-49-96(118)112-90(35-19-24-54-109-99(121)72(3)104)93(117)62-80(63-97(119)120)101(123)111-73(4)100(122)110-55-25-27-58-126-87-60-75(66-113(68-81-31-15-20-50-105-81)69-82-32-16-21-51-106-82)59-76(61-87)67-114(70-83-33-17-22-52-107-83)71-84-34-18-23-53-108-84;2-1-3;1-4(2)3;/h15-18,20-23,31-34,36-37,39-48,50-53,59-61,64-65,72-73,80,90H,11-14,19,24-30,35,38,49,54-58,62-63,66-71H2,1-10H3,(H4-,109,110,111,112,118,119,120,121,122,123);;;/q;;;+2/p+1/t72?,73-,80-,90-;;;/m0.../s1/i104-1;;;. The van der Waals surface area contributed by atoms with E-state index in [0.717, 1.165) is 128 Å². The summed E-state index contributed by atoms with van der Waals surface area (Å²) in [4.78, 5) is 123. The van der Waals surface area contributed by atoms with Crippen LogP contribution in [0.25, 0.3) is 5.57 Å². The average Bonchev–Trinajstić information content (AvgIpc) is 1.60. The van der Waals surface area contributed by atoms with Crippen LogP contribution < -0.4 is 40.4 Å². The van der Waals surface area contributed by atoms with Gasteiger partial charge in [0, 0.05) is 137 Å². The number of carboxylic acids is 1. The van der Waals surface area contributed by atoms with Gasteiger partial charge in [-0.15, -0.1) is 12.6 Å². The van der Waals surface area contributed by atoms with E-state index in [1.807, 2.05) is 78.9 Å². The largest absolute Gasteiger partial charge is 2.00 e. The molecule has 0 fully saturated rings. The van der Waals surface area contributed by atoms with Crippen molar-refractivity contribution in [2.24, 2.45) is 5.92 Å². The van der Waals surface area contributed by atoms with Gasteiger partial charge < -0.3 is 45.5 Å². The van der Waals surface area contributed by atoms with Crippen molar-refractivity contribution in [3.8, 4) is 17.2 Å². The summed E-state index contributed by atoms with van der Waals surface area (Å²) in [7, 11) is 0.320. The summed E-state index contributed by atoms with van der Waals surface area (Å²) in [5, 5.41) is 21.2. The minimum Gasteiger partial charge on any atom is -0.497 e. The first-order valence-electron chi connectivity index (χ1n) is 45.9. The van der Waals surface area contributed by atoms with Gasteiger partial charge in [0.05, 0.1) is 67.4 Å². The molecule has 8 aromatic rings. The number of rotatable bonds is 49. The van der Waals surface area contributed by atoms with Crippen LogP contribution >= 0.6 is 0 Å². The number of ether oxygens (including phenoxy) is 3. The fourth-order valence-corrected chi connectivity index (χ4v) is 17.1. The Kier molecular flexibility index (Phi) is 43.9. The number of carbonyl (C=O) groups is 6. The van der Waals surface area contributed by atoms with E-state index >= 15 is 0 Å². The zero-order valence-corrected chi connectivity index (χ0v) is 82.7. The molecule has 0 bridgehead atoms. The van der Waals surface area contributed by atoms with Crippen molar-refractivity contribution in [1.82, 2.24) is 51.0 Å². The second kappa shape index (κ2) is 54.8. The van der Waals surface area contributed by atoms with Crippen LogP contribution in [0.4, 0.5) is 15.8 Å². The van der Waals surface area contributed by atoms with Crippen LogP contribution in [0, 0.1) is 5.92 Å². The molecule has 134 heavy (non-hydrogen) atoms. The minimum atomic E-state index is -3.11. The molecule has 27 nitrogen and oxygen atoms in total. The second-order valence-electron chi connectivity index (χ2n) is 34.7. The second-order valence-corrected chi connectivity index (χ2v) is 35.1. The van der Waals surface area contributed by atoms with Gasteiger partial charge in [0.25, 0.3) is 5.91 Å². The number of carboxylic acid groups (broad SMARTS) is 1. The number of amides is 4. The number of anilines is 1. The van der Waals surface area contributed by atoms with Gasteiger partial charge in [-0.1, -0.05) is 107 Å². The number of nitrogens with one attached hydrogen (secondary N) is 4. The first-order valence-corrected chi connectivity index (χ1v) is 46.9. The summed E-state index contributed by atoms with van der Waals surface area (Å²) < 4.78 is 59.8. The van der Waals surface area contributed by atoms with Gasteiger partial charge in [0.2, 0.25) is 23.4 Å². The third-order valence-electron chi connectivity index (χ3n) is 23.9. The summed E-state index contributed by atoms with van der Waals surface area (Å²) in [5.74, 6) is -3.50. The quantitative estimate of drug-likeness (QED) is 0.0134. The summed E-state index contributed by atoms with van der Waals surface area (Å²) in [6.07, 6.45) is 24.0. The van der Waals surface area contributed by atoms with Crippen molar-refractivity contribution in [3.05, 3.63) is 274 Å². The molecule has 11 rings (SSSR count). The van der Waals surface area contributed by atoms with Crippen molar-refractivity contribution < 1.29 is 98.7 Å². The van der Waals surface area contributed by atoms with Gasteiger partial charge in [-0.2, -0.15) is 14.2 Å². The third kappa shape index (κ3) is 32.9. The monoisotopic (exact) mass is 1900 g/mol. The number of halogens is 1. The molecule has 4 amide bonds. The van der Waals surface area contributed by atoms with Gasteiger partial charge in [0.15, 0.2) is 17.7 Å². The number of aliphatic carboxylic acids is 1. The van der Waals surface area contributed by atoms with E-state index in [9.17, 15) is 38.3 Å². The van der Waals surface area contributed by atoms with Crippen molar-refractivity contribution in [2.45, 2.75) is 233 Å². The maximum atomic E-state index is 14.6. The summed E-state index contributed by atoms with van der Waals surface area (Å²) >= 11 is 0. The number of ketones is 1. The number of Topliss-reactive ketones (excluding diaryl/α,β-unsaturated/α-hetero) is 1. The number of pyridine rings is 4. The number of allylic oxidation sites excluding steroid dienone is 8. The van der Waals surface area contributed by atoms with E-state index in [1.165, 1.54) is 57.6 Å².